The van der Waals surface area contributed by atoms with Crippen LogP contribution >= 0.6 is 0 Å². The number of aliphatic hydroxyl groups excluding tert-OH is 2. The number of amides is 4. The number of aromatic nitrogens is 1. The molecule has 0 saturated heterocycles. The average Bonchev–Trinajstić information content (AvgIpc) is 3.22. The lowest BCUT2D eigenvalue weighted by atomic mass is 10.0. The summed E-state index contributed by atoms with van der Waals surface area (Å²) in [7, 11) is 0. The number of nitrogens with one attached hydrogen (secondary N) is 4. The van der Waals surface area contributed by atoms with Gasteiger partial charge >= 0.3 is 5.97 Å². The van der Waals surface area contributed by atoms with E-state index in [2.05, 4.69) is 20.9 Å². The van der Waals surface area contributed by atoms with Gasteiger partial charge in [-0.3, -0.25) is 19.2 Å². The van der Waals surface area contributed by atoms with Crippen molar-refractivity contribution in [3.8, 4) is 0 Å². The number of hydrogen-bond acceptors (Lipinski definition) is 8. The number of aromatic amines is 1. The van der Waals surface area contributed by atoms with Crippen LogP contribution in [0.4, 0.5) is 0 Å². The molecule has 4 amide bonds. The third kappa shape index (κ3) is 7.49. The fourth-order valence-electron chi connectivity index (χ4n) is 3.41. The summed E-state index contributed by atoms with van der Waals surface area (Å²) in [5.74, 6) is -5.33. The molecule has 0 aliphatic heterocycles. The van der Waals surface area contributed by atoms with Crippen molar-refractivity contribution >= 4 is 40.5 Å². The number of carbonyl (C=O) groups excluding carboxylic acids is 4. The second kappa shape index (κ2) is 12.6. The molecule has 0 fully saturated rings. The number of nitrogens with two attached hydrogens (primary N) is 2. The molecule has 11 N–H and O–H groups in total. The Balaban J connectivity index is 2.27. The number of carboxylic acids is 1. The molecule has 36 heavy (non-hydrogen) atoms. The SMILES string of the molecule is CC(O)C(NC(=O)C(Cc1c[nH]c2ccccc12)NC(=O)C(N)CO)C(=O)NC(CC(N)=O)C(=O)O. The fourth-order valence-corrected chi connectivity index (χ4v) is 3.41. The summed E-state index contributed by atoms with van der Waals surface area (Å²) in [6.45, 7) is 0.506. The summed E-state index contributed by atoms with van der Waals surface area (Å²) in [6, 6.07) is 1.28. The smallest absolute Gasteiger partial charge is 0.326 e. The van der Waals surface area contributed by atoms with Gasteiger partial charge in [-0.05, 0) is 18.6 Å². The van der Waals surface area contributed by atoms with Gasteiger partial charge in [0.15, 0.2) is 0 Å². The zero-order valence-electron chi connectivity index (χ0n) is 19.4. The lowest BCUT2D eigenvalue weighted by Gasteiger charge is -2.26. The monoisotopic (exact) mass is 506 g/mol. The fraction of sp³-hybridized carbons (Fsp3) is 0.409. The maximum atomic E-state index is 13.1. The van der Waals surface area contributed by atoms with Crippen LogP contribution in [-0.2, 0) is 30.4 Å². The summed E-state index contributed by atoms with van der Waals surface area (Å²) >= 11 is 0. The maximum absolute atomic E-state index is 13.1. The first-order chi connectivity index (χ1) is 16.9. The van der Waals surface area contributed by atoms with Crippen LogP contribution < -0.4 is 27.4 Å². The first-order valence-electron chi connectivity index (χ1n) is 11.0. The zero-order valence-corrected chi connectivity index (χ0v) is 19.4. The summed E-state index contributed by atoms with van der Waals surface area (Å²) in [5.41, 5.74) is 12.0. The first kappa shape index (κ1) is 28.2. The molecule has 0 spiro atoms. The third-order valence-electron chi connectivity index (χ3n) is 5.35. The van der Waals surface area contributed by atoms with Crippen molar-refractivity contribution in [2.45, 2.75) is 50.0 Å². The number of carbonyl (C=O) groups is 5. The van der Waals surface area contributed by atoms with Crippen molar-refractivity contribution < 1.29 is 39.3 Å². The minimum atomic E-state index is -1.68. The molecule has 5 unspecified atom stereocenters. The Morgan fingerprint density at radius 2 is 1.64 bits per heavy atom. The molecule has 0 radical (unpaired) electrons. The molecule has 5 atom stereocenters. The predicted molar refractivity (Wildman–Crippen MR) is 126 cm³/mol. The van der Waals surface area contributed by atoms with Crippen molar-refractivity contribution in [1.82, 2.24) is 20.9 Å². The number of fused-ring (bicyclic) bond motifs is 1. The molecular weight excluding hydrogens is 476 g/mol. The van der Waals surface area contributed by atoms with E-state index in [9.17, 15) is 39.3 Å². The van der Waals surface area contributed by atoms with Crippen LogP contribution in [0.5, 0.6) is 0 Å². The highest BCUT2D eigenvalue weighted by molar-refractivity contribution is 5.95. The van der Waals surface area contributed by atoms with Gasteiger partial charge in [0.1, 0.15) is 24.2 Å². The second-order valence-electron chi connectivity index (χ2n) is 8.21. The van der Waals surface area contributed by atoms with Gasteiger partial charge in [0.2, 0.25) is 23.6 Å². The van der Waals surface area contributed by atoms with Crippen LogP contribution in [0, 0.1) is 0 Å². The molecule has 14 heteroatoms. The van der Waals surface area contributed by atoms with E-state index in [0.717, 1.165) is 10.9 Å². The Kier molecular flexibility index (Phi) is 9.90. The zero-order chi connectivity index (χ0) is 27.0. The van der Waals surface area contributed by atoms with Crippen LogP contribution in [0.25, 0.3) is 10.9 Å². The van der Waals surface area contributed by atoms with Gasteiger partial charge in [-0.25, -0.2) is 4.79 Å². The normalized spacial score (nSPS) is 15.2. The topological polar surface area (TPSA) is 250 Å². The first-order valence-corrected chi connectivity index (χ1v) is 11.0. The highest BCUT2D eigenvalue weighted by Crippen LogP contribution is 2.19. The minimum Gasteiger partial charge on any atom is -0.480 e. The van der Waals surface area contributed by atoms with Crippen LogP contribution in [0.2, 0.25) is 0 Å². The number of benzene rings is 1. The van der Waals surface area contributed by atoms with E-state index in [1.165, 1.54) is 6.92 Å². The maximum Gasteiger partial charge on any atom is 0.326 e. The number of hydrogen-bond donors (Lipinski definition) is 9. The van der Waals surface area contributed by atoms with Crippen molar-refractivity contribution in [1.29, 1.82) is 0 Å². The van der Waals surface area contributed by atoms with E-state index in [0.29, 0.717) is 5.56 Å². The number of H-pyrrole nitrogens is 1. The van der Waals surface area contributed by atoms with Crippen molar-refractivity contribution in [3.05, 3.63) is 36.0 Å². The van der Waals surface area contributed by atoms with Gasteiger partial charge in [0.25, 0.3) is 0 Å². The van der Waals surface area contributed by atoms with Gasteiger partial charge in [0.05, 0.1) is 19.1 Å². The van der Waals surface area contributed by atoms with Crippen molar-refractivity contribution in [3.63, 3.8) is 0 Å². The van der Waals surface area contributed by atoms with E-state index in [1.807, 2.05) is 12.1 Å². The summed E-state index contributed by atoms with van der Waals surface area (Å²) in [5, 5.41) is 36.0. The molecule has 1 aromatic heterocycles. The number of rotatable bonds is 13. The molecule has 2 rings (SSSR count). The van der Waals surface area contributed by atoms with Crippen LogP contribution in [0.15, 0.2) is 30.5 Å². The molecule has 1 aromatic carbocycles. The van der Waals surface area contributed by atoms with E-state index < -0.39 is 72.9 Å². The predicted octanol–water partition coefficient (Wildman–Crippen LogP) is -3.17. The molecular formula is C22H30N6O8. The highest BCUT2D eigenvalue weighted by atomic mass is 16.4. The Morgan fingerprint density at radius 3 is 2.22 bits per heavy atom. The van der Waals surface area contributed by atoms with Gasteiger partial charge in [-0.1, -0.05) is 18.2 Å². The standard InChI is InChI=1S/C22H30N6O8/c1-10(30)18(21(34)27-16(22(35)36)7-17(24)31)28-20(33)15(26-19(32)13(23)9-29)6-11-8-25-14-5-3-2-4-12(11)14/h2-5,8,10,13,15-16,18,25,29-30H,6-7,9,23H2,1H3,(H2,24,31)(H,26,32)(H,27,34)(H,28,33)(H,35,36). The molecule has 2 aromatic rings. The van der Waals surface area contributed by atoms with E-state index in [1.54, 1.807) is 18.3 Å². The third-order valence-corrected chi connectivity index (χ3v) is 5.35. The number of para-hydroxylation sites is 1. The summed E-state index contributed by atoms with van der Waals surface area (Å²) in [4.78, 5) is 63.6. The van der Waals surface area contributed by atoms with E-state index in [-0.39, 0.29) is 6.42 Å². The lowest BCUT2D eigenvalue weighted by molar-refractivity contribution is -0.144. The molecule has 196 valence electrons. The van der Waals surface area contributed by atoms with Crippen LogP contribution in [-0.4, -0.2) is 86.8 Å². The number of carboxylic acid groups (broad SMARTS) is 1. The Labute approximate surface area is 205 Å². The molecule has 0 aliphatic carbocycles. The lowest BCUT2D eigenvalue weighted by Crippen LogP contribution is -2.60. The molecule has 0 bridgehead atoms. The van der Waals surface area contributed by atoms with Gasteiger partial charge < -0.3 is 47.7 Å². The van der Waals surface area contributed by atoms with E-state index >= 15 is 0 Å². The summed E-state index contributed by atoms with van der Waals surface area (Å²) in [6.07, 6.45) is -0.600. The molecule has 0 aliphatic rings. The Hall–Kier alpha value is -4.01. The van der Waals surface area contributed by atoms with Gasteiger partial charge in [-0.2, -0.15) is 0 Å². The second-order valence-corrected chi connectivity index (χ2v) is 8.21. The Morgan fingerprint density at radius 1 is 1.00 bits per heavy atom. The minimum absolute atomic E-state index is 0.0483. The Bertz CT molecular complexity index is 1120. The van der Waals surface area contributed by atoms with Gasteiger partial charge in [-0.15, -0.1) is 0 Å². The molecule has 0 saturated carbocycles. The van der Waals surface area contributed by atoms with Gasteiger partial charge in [0, 0.05) is 23.5 Å². The number of aliphatic hydroxyl groups is 2. The molecule has 1 heterocycles. The number of aliphatic carboxylic acids is 1. The van der Waals surface area contributed by atoms with Crippen LogP contribution in [0.3, 0.4) is 0 Å². The van der Waals surface area contributed by atoms with Crippen molar-refractivity contribution in [2.75, 3.05) is 6.61 Å². The average molecular weight is 507 g/mol. The van der Waals surface area contributed by atoms with Crippen LogP contribution in [0.1, 0.15) is 18.9 Å². The highest BCUT2D eigenvalue weighted by Gasteiger charge is 2.33. The van der Waals surface area contributed by atoms with Crippen molar-refractivity contribution in [2.24, 2.45) is 11.5 Å². The number of primary amides is 1. The summed E-state index contributed by atoms with van der Waals surface area (Å²) < 4.78 is 0. The molecule has 14 nitrogen and oxygen atoms in total. The largest absolute Gasteiger partial charge is 0.480 e. The quantitative estimate of drug-likeness (QED) is 0.133. The van der Waals surface area contributed by atoms with E-state index in [4.69, 9.17) is 11.5 Å².